The molecule has 0 spiro atoms. The maximum absolute atomic E-state index is 12.5. The summed E-state index contributed by atoms with van der Waals surface area (Å²) in [5.41, 5.74) is 4.04. The van der Waals surface area contributed by atoms with E-state index in [-0.39, 0.29) is 10.8 Å². The molecule has 0 bridgehead atoms. The molecule has 0 aliphatic carbocycles. The molecule has 6 nitrogen and oxygen atoms in total. The van der Waals surface area contributed by atoms with E-state index in [4.69, 9.17) is 4.74 Å². The first kappa shape index (κ1) is 22.4. The number of ether oxygens (including phenoxy) is 1. The maximum Gasteiger partial charge on any atom is 0.261 e. The quantitative estimate of drug-likeness (QED) is 0.516. The molecule has 0 saturated heterocycles. The highest BCUT2D eigenvalue weighted by Gasteiger charge is 2.14. The van der Waals surface area contributed by atoms with E-state index in [1.165, 1.54) is 0 Å². The molecule has 0 aliphatic heterocycles. The lowest BCUT2D eigenvalue weighted by Crippen LogP contribution is -2.28. The van der Waals surface area contributed by atoms with Crippen molar-refractivity contribution in [3.63, 3.8) is 0 Å². The van der Waals surface area contributed by atoms with E-state index in [1.807, 2.05) is 32.9 Å². The first-order valence-corrected chi connectivity index (χ1v) is 11.4. The number of benzene rings is 3. The lowest BCUT2D eigenvalue weighted by Gasteiger charge is -2.10. The number of hydrogen-bond donors (Lipinski definition) is 2. The van der Waals surface area contributed by atoms with E-state index in [2.05, 4.69) is 16.1 Å². The van der Waals surface area contributed by atoms with Crippen LogP contribution in [0.3, 0.4) is 0 Å². The predicted molar refractivity (Wildman–Crippen MR) is 122 cm³/mol. The van der Waals surface area contributed by atoms with E-state index < -0.39 is 10.0 Å². The average molecular weight is 439 g/mol. The van der Waals surface area contributed by atoms with Crippen LogP contribution in [-0.2, 0) is 10.0 Å². The van der Waals surface area contributed by atoms with Crippen LogP contribution in [0.25, 0.3) is 0 Å². The molecule has 0 atom stereocenters. The summed E-state index contributed by atoms with van der Waals surface area (Å²) in [7, 11) is -3.68. The molecule has 0 aromatic heterocycles. The number of nitrogens with one attached hydrogen (secondary N) is 2. The van der Waals surface area contributed by atoms with Gasteiger partial charge < -0.3 is 10.1 Å². The van der Waals surface area contributed by atoms with Crippen LogP contribution in [0.5, 0.6) is 5.75 Å². The lowest BCUT2D eigenvalue weighted by molar-refractivity contribution is 0.0947. The molecule has 3 rings (SSSR count). The average Bonchev–Trinajstić information content (AvgIpc) is 2.71. The standard InChI is InChI=1S/C24H26N2O4S/c1-17-4-10-23(11-5-17)31(28,29)26-21-8-6-20(7-9-21)24(27)25-12-13-30-22-15-18(2)14-19(3)16-22/h4-11,14-16,26H,12-13H2,1-3H3,(H,25,27). The summed E-state index contributed by atoms with van der Waals surface area (Å²) in [6.45, 7) is 6.61. The zero-order valence-electron chi connectivity index (χ0n) is 17.8. The molecule has 1 amide bonds. The number of aryl methyl sites for hydroxylation is 3. The van der Waals surface area contributed by atoms with Gasteiger partial charge in [0.2, 0.25) is 0 Å². The molecule has 0 heterocycles. The second-order valence-electron chi connectivity index (χ2n) is 7.42. The van der Waals surface area contributed by atoms with Crippen molar-refractivity contribution in [1.29, 1.82) is 0 Å². The minimum absolute atomic E-state index is 0.184. The van der Waals surface area contributed by atoms with Crippen molar-refractivity contribution in [2.24, 2.45) is 0 Å². The number of carbonyl (C=O) groups excluding carboxylic acids is 1. The van der Waals surface area contributed by atoms with Gasteiger partial charge in [0.15, 0.2) is 0 Å². The van der Waals surface area contributed by atoms with Gasteiger partial charge in [-0.25, -0.2) is 8.42 Å². The Bertz CT molecular complexity index is 1130. The molecule has 2 N–H and O–H groups in total. The molecule has 0 saturated carbocycles. The third-order valence-corrected chi connectivity index (χ3v) is 5.98. The molecule has 162 valence electrons. The van der Waals surface area contributed by atoms with Crippen molar-refractivity contribution in [1.82, 2.24) is 5.32 Å². The third kappa shape index (κ3) is 6.33. The van der Waals surface area contributed by atoms with Gasteiger partial charge in [0.25, 0.3) is 15.9 Å². The Morgan fingerprint density at radius 2 is 1.45 bits per heavy atom. The highest BCUT2D eigenvalue weighted by molar-refractivity contribution is 7.92. The molecule has 3 aromatic carbocycles. The number of amides is 1. The smallest absolute Gasteiger partial charge is 0.261 e. The number of anilines is 1. The van der Waals surface area contributed by atoms with Crippen LogP contribution in [-0.4, -0.2) is 27.5 Å². The van der Waals surface area contributed by atoms with Crippen LogP contribution >= 0.6 is 0 Å². The monoisotopic (exact) mass is 438 g/mol. The molecule has 31 heavy (non-hydrogen) atoms. The Hall–Kier alpha value is -3.32. The Morgan fingerprint density at radius 1 is 0.839 bits per heavy atom. The molecular weight excluding hydrogens is 412 g/mol. The van der Waals surface area contributed by atoms with Gasteiger partial charge in [0.1, 0.15) is 12.4 Å². The predicted octanol–water partition coefficient (Wildman–Crippen LogP) is 4.22. The van der Waals surface area contributed by atoms with Gasteiger partial charge in [0, 0.05) is 11.3 Å². The lowest BCUT2D eigenvalue weighted by atomic mass is 10.1. The van der Waals surface area contributed by atoms with Gasteiger partial charge >= 0.3 is 0 Å². The van der Waals surface area contributed by atoms with Crippen LogP contribution in [0.4, 0.5) is 5.69 Å². The van der Waals surface area contributed by atoms with Gasteiger partial charge in [-0.1, -0.05) is 23.8 Å². The summed E-state index contributed by atoms with van der Waals surface area (Å²) in [6.07, 6.45) is 0. The summed E-state index contributed by atoms with van der Waals surface area (Å²) in [5.74, 6) is 0.522. The van der Waals surface area contributed by atoms with Crippen LogP contribution in [0, 0.1) is 20.8 Å². The molecule has 0 radical (unpaired) electrons. The Labute approximate surface area is 183 Å². The highest BCUT2D eigenvalue weighted by atomic mass is 32.2. The van der Waals surface area contributed by atoms with E-state index >= 15 is 0 Å². The maximum atomic E-state index is 12.5. The van der Waals surface area contributed by atoms with Crippen LogP contribution in [0.1, 0.15) is 27.0 Å². The summed E-state index contributed by atoms with van der Waals surface area (Å²) in [4.78, 5) is 12.5. The van der Waals surface area contributed by atoms with Gasteiger partial charge in [-0.2, -0.15) is 0 Å². The first-order chi connectivity index (χ1) is 14.7. The van der Waals surface area contributed by atoms with Crippen molar-refractivity contribution < 1.29 is 17.9 Å². The topological polar surface area (TPSA) is 84.5 Å². The first-order valence-electron chi connectivity index (χ1n) is 9.92. The molecule has 7 heteroatoms. The summed E-state index contributed by atoms with van der Waals surface area (Å²) in [5, 5.41) is 2.79. The minimum atomic E-state index is -3.68. The summed E-state index contributed by atoms with van der Waals surface area (Å²) in [6, 6.07) is 18.8. The van der Waals surface area contributed by atoms with Crippen LogP contribution in [0.15, 0.2) is 71.6 Å². The van der Waals surface area contributed by atoms with Crippen LogP contribution < -0.4 is 14.8 Å². The normalized spacial score (nSPS) is 11.1. The number of rotatable bonds is 8. The van der Waals surface area contributed by atoms with E-state index in [0.717, 1.165) is 22.4 Å². The van der Waals surface area contributed by atoms with Gasteiger partial charge in [-0.3, -0.25) is 9.52 Å². The van der Waals surface area contributed by atoms with Crippen molar-refractivity contribution in [2.45, 2.75) is 25.7 Å². The zero-order chi connectivity index (χ0) is 22.4. The van der Waals surface area contributed by atoms with Crippen molar-refractivity contribution in [3.05, 3.63) is 89.0 Å². The van der Waals surface area contributed by atoms with E-state index in [9.17, 15) is 13.2 Å². The fourth-order valence-electron chi connectivity index (χ4n) is 3.07. The van der Waals surface area contributed by atoms with Gasteiger partial charge in [0.05, 0.1) is 11.4 Å². The molecule has 0 unspecified atom stereocenters. The molecule has 0 aliphatic rings. The second kappa shape index (κ2) is 9.66. The fourth-order valence-corrected chi connectivity index (χ4v) is 4.13. The Kier molecular flexibility index (Phi) is 6.97. The molecule has 3 aromatic rings. The third-order valence-electron chi connectivity index (χ3n) is 4.58. The highest BCUT2D eigenvalue weighted by Crippen LogP contribution is 2.18. The SMILES string of the molecule is Cc1ccc(S(=O)(=O)Nc2ccc(C(=O)NCCOc3cc(C)cc(C)c3)cc2)cc1. The minimum Gasteiger partial charge on any atom is -0.492 e. The second-order valence-corrected chi connectivity index (χ2v) is 9.11. The summed E-state index contributed by atoms with van der Waals surface area (Å²) >= 11 is 0. The Balaban J connectivity index is 1.52. The largest absolute Gasteiger partial charge is 0.492 e. The molecule has 0 fully saturated rings. The number of hydrogen-bond acceptors (Lipinski definition) is 4. The van der Waals surface area contributed by atoms with Gasteiger partial charge in [-0.15, -0.1) is 0 Å². The summed E-state index contributed by atoms with van der Waals surface area (Å²) < 4.78 is 33.1. The Morgan fingerprint density at radius 3 is 2.06 bits per heavy atom. The van der Waals surface area contributed by atoms with Crippen molar-refractivity contribution in [2.75, 3.05) is 17.9 Å². The zero-order valence-corrected chi connectivity index (χ0v) is 18.6. The van der Waals surface area contributed by atoms with Gasteiger partial charge in [-0.05, 0) is 80.4 Å². The number of sulfonamides is 1. The van der Waals surface area contributed by atoms with E-state index in [1.54, 1.807) is 48.5 Å². The van der Waals surface area contributed by atoms with Crippen LogP contribution in [0.2, 0.25) is 0 Å². The van der Waals surface area contributed by atoms with Crippen molar-refractivity contribution in [3.8, 4) is 5.75 Å². The van der Waals surface area contributed by atoms with E-state index in [0.29, 0.717) is 24.4 Å². The molecular formula is C24H26N2O4S. The fraction of sp³-hybridized carbons (Fsp3) is 0.208. The number of carbonyl (C=O) groups is 1. The van der Waals surface area contributed by atoms with Crippen molar-refractivity contribution >= 4 is 21.6 Å².